The number of pyridine rings is 1. The maximum absolute atomic E-state index is 12.6. The van der Waals surface area contributed by atoms with E-state index in [-0.39, 0.29) is 35.8 Å². The molecule has 1 aromatic carbocycles. The Hall–Kier alpha value is -4.42. The number of methoxy groups -OCH3 is 1. The highest BCUT2D eigenvalue weighted by Gasteiger charge is 2.28. The average molecular weight is 599 g/mol. The first-order chi connectivity index (χ1) is 20.4. The van der Waals surface area contributed by atoms with Crippen molar-refractivity contribution in [1.29, 1.82) is 5.26 Å². The lowest BCUT2D eigenvalue weighted by atomic mass is 9.94. The zero-order valence-corrected chi connectivity index (χ0v) is 23.9. The summed E-state index contributed by atoms with van der Waals surface area (Å²) in [4.78, 5) is 50.6. The molecule has 0 radical (unpaired) electrons. The second-order valence-electron chi connectivity index (χ2n) is 10.2. The molecule has 0 spiro atoms. The standard InChI is InChI=1S/C24H26N4O5.C5H8O5/c1-14-17(3-4-18-19(14)13-33-24(18)31)21(29)12-28-7-5-16(6-8-28)27-23(30)20-9-22(32-2)15(10-25)11-26-20;1-2(6)3(7)4(8)5(9)10/h3-4,9,11,16,21,29H,5-8,12-13H2,1-2H3,(H,27,30);3-4,7-8H,1H3,(H,9,10)/t21-;3-,4+/m00/s1. The summed E-state index contributed by atoms with van der Waals surface area (Å²) in [6.45, 7) is 5.11. The van der Waals surface area contributed by atoms with Crippen LogP contribution in [-0.4, -0.2) is 98.9 Å². The van der Waals surface area contributed by atoms with Gasteiger partial charge in [-0.3, -0.25) is 9.59 Å². The van der Waals surface area contributed by atoms with E-state index in [1.807, 2.05) is 13.0 Å². The van der Waals surface area contributed by atoms with Crippen molar-refractivity contribution in [3.05, 3.63) is 57.9 Å². The van der Waals surface area contributed by atoms with Gasteiger partial charge in [0, 0.05) is 43.5 Å². The SMILES string of the molecule is CC(=O)[C@H](O)[C@@H](O)C(=O)O.COc1cc(C(=O)NC2CCN(C[C@H](O)c3ccc4c(c3C)COC4=O)CC2)ncc1C#N. The van der Waals surface area contributed by atoms with Gasteiger partial charge in [0.1, 0.15) is 35.8 Å². The number of hydrogen-bond acceptors (Lipinski definition) is 12. The first-order valence-electron chi connectivity index (χ1n) is 13.4. The fraction of sp³-hybridized carbons (Fsp3) is 0.448. The monoisotopic (exact) mass is 598 g/mol. The Bertz CT molecular complexity index is 1400. The van der Waals surface area contributed by atoms with Crippen molar-refractivity contribution in [1.82, 2.24) is 15.2 Å². The molecule has 14 nitrogen and oxygen atoms in total. The van der Waals surface area contributed by atoms with Crippen molar-refractivity contribution in [2.75, 3.05) is 26.7 Å². The number of aromatic nitrogens is 1. The Morgan fingerprint density at radius 1 is 1.21 bits per heavy atom. The number of piperidine rings is 1. The van der Waals surface area contributed by atoms with Crippen LogP contribution in [-0.2, 0) is 20.9 Å². The lowest BCUT2D eigenvalue weighted by Crippen LogP contribution is -2.45. The molecule has 1 saturated heterocycles. The van der Waals surface area contributed by atoms with E-state index in [1.54, 1.807) is 12.1 Å². The molecule has 43 heavy (non-hydrogen) atoms. The lowest BCUT2D eigenvalue weighted by molar-refractivity contribution is -0.156. The Balaban J connectivity index is 0.000000436. The van der Waals surface area contributed by atoms with Crippen LogP contribution in [0.3, 0.4) is 0 Å². The minimum Gasteiger partial charge on any atom is -0.495 e. The minimum atomic E-state index is -2.02. The largest absolute Gasteiger partial charge is 0.495 e. The number of aliphatic carboxylic acids is 1. The molecule has 1 fully saturated rings. The summed E-state index contributed by atoms with van der Waals surface area (Å²) in [5.41, 5.74) is 3.62. The summed E-state index contributed by atoms with van der Waals surface area (Å²) in [7, 11) is 1.44. The number of rotatable bonds is 9. The number of nitrogens with one attached hydrogen (secondary N) is 1. The smallest absolute Gasteiger partial charge is 0.338 e. The second kappa shape index (κ2) is 14.7. The number of benzene rings is 1. The third kappa shape index (κ3) is 8.11. The van der Waals surface area contributed by atoms with E-state index in [1.165, 1.54) is 19.4 Å². The van der Waals surface area contributed by atoms with Crippen LogP contribution < -0.4 is 10.1 Å². The molecule has 0 bridgehead atoms. The minimum absolute atomic E-state index is 0.000720. The van der Waals surface area contributed by atoms with Gasteiger partial charge >= 0.3 is 11.9 Å². The second-order valence-corrected chi connectivity index (χ2v) is 10.2. The van der Waals surface area contributed by atoms with E-state index in [9.17, 15) is 24.3 Å². The number of hydrogen-bond donors (Lipinski definition) is 5. The van der Waals surface area contributed by atoms with Crippen molar-refractivity contribution >= 4 is 23.6 Å². The molecule has 1 amide bonds. The average Bonchev–Trinajstić information content (AvgIpc) is 3.38. The number of aliphatic hydroxyl groups is 3. The number of Topliss-reactive ketones (excluding diaryl/α,β-unsaturated/α-hetero) is 1. The topological polar surface area (TPSA) is 220 Å². The first-order valence-corrected chi connectivity index (χ1v) is 13.4. The van der Waals surface area contributed by atoms with Crippen molar-refractivity contribution < 1.29 is 49.1 Å². The van der Waals surface area contributed by atoms with Crippen molar-refractivity contribution in [3.63, 3.8) is 0 Å². The number of cyclic esters (lactones) is 1. The van der Waals surface area contributed by atoms with Crippen molar-refractivity contribution in [3.8, 4) is 11.8 Å². The van der Waals surface area contributed by atoms with Gasteiger partial charge in [-0.05, 0) is 43.9 Å². The number of carboxylic acids is 1. The summed E-state index contributed by atoms with van der Waals surface area (Å²) in [5.74, 6) is -2.67. The van der Waals surface area contributed by atoms with Crippen LogP contribution in [0.25, 0.3) is 0 Å². The number of nitriles is 1. The summed E-state index contributed by atoms with van der Waals surface area (Å²) in [5, 5.41) is 48.0. The van der Waals surface area contributed by atoms with Crippen molar-refractivity contribution in [2.24, 2.45) is 0 Å². The zero-order chi connectivity index (χ0) is 31.8. The fourth-order valence-corrected chi connectivity index (χ4v) is 4.76. The van der Waals surface area contributed by atoms with Gasteiger partial charge in [-0.2, -0.15) is 5.26 Å². The zero-order valence-electron chi connectivity index (χ0n) is 23.9. The Kier molecular flexibility index (Phi) is 11.3. The molecule has 14 heteroatoms. The molecule has 2 aromatic rings. The van der Waals surface area contributed by atoms with Crippen LogP contribution in [0.1, 0.15) is 69.0 Å². The third-order valence-corrected chi connectivity index (χ3v) is 7.33. The first kappa shape index (κ1) is 33.1. The summed E-state index contributed by atoms with van der Waals surface area (Å²) in [6.07, 6.45) is -1.68. The number of nitrogens with zero attached hydrogens (tertiary/aromatic N) is 3. The van der Waals surface area contributed by atoms with Gasteiger partial charge in [-0.25, -0.2) is 14.6 Å². The molecule has 3 heterocycles. The lowest BCUT2D eigenvalue weighted by Gasteiger charge is -2.33. The number of likely N-dealkylation sites (tertiary alicyclic amines) is 1. The maximum atomic E-state index is 12.6. The van der Waals surface area contributed by atoms with Gasteiger partial charge in [0.2, 0.25) is 0 Å². The van der Waals surface area contributed by atoms with Crippen molar-refractivity contribution in [2.45, 2.75) is 57.6 Å². The third-order valence-electron chi connectivity index (χ3n) is 7.33. The van der Waals surface area contributed by atoms with Crippen LogP contribution in [0.4, 0.5) is 0 Å². The fourth-order valence-electron chi connectivity index (χ4n) is 4.76. The van der Waals surface area contributed by atoms with E-state index < -0.39 is 30.1 Å². The van der Waals surface area contributed by atoms with Gasteiger partial charge in [0.15, 0.2) is 11.9 Å². The van der Waals surface area contributed by atoms with Crippen LogP contribution in [0.15, 0.2) is 24.4 Å². The van der Waals surface area contributed by atoms with Gasteiger partial charge in [-0.1, -0.05) is 6.07 Å². The number of esters is 1. The van der Waals surface area contributed by atoms with Crippen LogP contribution in [0.2, 0.25) is 0 Å². The number of carbonyl (C=O) groups is 4. The molecule has 230 valence electrons. The van der Waals surface area contributed by atoms with Crippen LogP contribution in [0, 0.1) is 18.3 Å². The molecular weight excluding hydrogens is 564 g/mol. The number of carboxylic acid groups (broad SMARTS) is 1. The number of ether oxygens (including phenoxy) is 2. The highest BCUT2D eigenvalue weighted by Crippen LogP contribution is 2.30. The molecule has 2 aliphatic heterocycles. The van der Waals surface area contributed by atoms with E-state index in [0.29, 0.717) is 17.9 Å². The number of aliphatic hydroxyl groups excluding tert-OH is 3. The number of carbonyl (C=O) groups excluding carboxylic acids is 3. The van der Waals surface area contributed by atoms with Gasteiger partial charge in [0.25, 0.3) is 5.91 Å². The summed E-state index contributed by atoms with van der Waals surface area (Å²) in [6, 6.07) is 6.98. The quantitative estimate of drug-likeness (QED) is 0.245. The van der Waals surface area contributed by atoms with E-state index >= 15 is 0 Å². The predicted octanol–water partition coefficient (Wildman–Crippen LogP) is 0.250. The van der Waals surface area contributed by atoms with Crippen LogP contribution >= 0.6 is 0 Å². The predicted molar refractivity (Wildman–Crippen MR) is 148 cm³/mol. The molecule has 5 N–H and O–H groups in total. The Morgan fingerprint density at radius 2 is 1.88 bits per heavy atom. The van der Waals surface area contributed by atoms with Gasteiger partial charge in [0.05, 0.1) is 18.8 Å². The van der Waals surface area contributed by atoms with E-state index in [2.05, 4.69) is 15.2 Å². The summed E-state index contributed by atoms with van der Waals surface area (Å²) < 4.78 is 10.2. The van der Waals surface area contributed by atoms with E-state index in [4.69, 9.17) is 30.1 Å². The number of β-amino-alcohol motifs (C(OH)–C–C–N with tert-alkyl or cyclic N) is 1. The molecule has 3 atom stereocenters. The van der Waals surface area contributed by atoms with E-state index in [0.717, 1.165) is 49.5 Å². The molecule has 0 aliphatic carbocycles. The van der Waals surface area contributed by atoms with Crippen LogP contribution in [0.5, 0.6) is 5.75 Å². The number of fused-ring (bicyclic) bond motifs is 1. The normalized spacial score (nSPS) is 16.8. The van der Waals surface area contributed by atoms with Gasteiger partial charge in [-0.15, -0.1) is 0 Å². The molecule has 0 unspecified atom stereocenters. The summed E-state index contributed by atoms with van der Waals surface area (Å²) >= 11 is 0. The highest BCUT2D eigenvalue weighted by atomic mass is 16.5. The molecule has 2 aliphatic rings. The molecular formula is C29H34N4O10. The molecule has 0 saturated carbocycles. The number of ketones is 1. The molecule has 4 rings (SSSR count). The Morgan fingerprint density at radius 3 is 2.44 bits per heavy atom. The van der Waals surface area contributed by atoms with Gasteiger partial charge < -0.3 is 40.1 Å². The Labute approximate surface area is 247 Å². The maximum Gasteiger partial charge on any atom is 0.338 e. The highest BCUT2D eigenvalue weighted by molar-refractivity contribution is 5.94. The number of amides is 1. The molecule has 1 aromatic heterocycles.